The second kappa shape index (κ2) is 14.0. The minimum Gasteiger partial charge on any atom is -0.265 e. The highest BCUT2D eigenvalue weighted by Crippen LogP contribution is 2.68. The zero-order valence-electron chi connectivity index (χ0n) is 28.4. The fourth-order valence-corrected chi connectivity index (χ4v) is 11.7. The molecule has 0 amide bonds. The molecule has 0 spiro atoms. The minimum atomic E-state index is -3.70. The summed E-state index contributed by atoms with van der Waals surface area (Å²) in [5.41, 5.74) is 1.94. The number of aromatic nitrogens is 1. The number of hydrogen-bond donors (Lipinski definition) is 0. The Kier molecular flexibility index (Phi) is 10.7. The van der Waals surface area contributed by atoms with E-state index in [1.807, 2.05) is 37.3 Å². The summed E-state index contributed by atoms with van der Waals surface area (Å²) in [4.78, 5) is 4.08. The molecule has 0 bridgehead atoms. The van der Waals surface area contributed by atoms with Gasteiger partial charge in [-0.25, -0.2) is 0 Å². The van der Waals surface area contributed by atoms with Crippen molar-refractivity contribution in [2.45, 2.75) is 130 Å². The molecule has 2 aromatic rings. The number of pyridine rings is 1. The van der Waals surface area contributed by atoms with Gasteiger partial charge in [-0.15, -0.1) is 0 Å². The molecule has 9 unspecified atom stereocenters. The highest BCUT2D eigenvalue weighted by molar-refractivity contribution is 7.86. The van der Waals surface area contributed by atoms with Crippen LogP contribution in [0.4, 0.5) is 0 Å². The van der Waals surface area contributed by atoms with Gasteiger partial charge in [-0.2, -0.15) is 8.42 Å². The van der Waals surface area contributed by atoms with Gasteiger partial charge < -0.3 is 0 Å². The van der Waals surface area contributed by atoms with Crippen molar-refractivity contribution in [3.05, 3.63) is 60.4 Å². The summed E-state index contributed by atoms with van der Waals surface area (Å²) < 4.78 is 31.9. The van der Waals surface area contributed by atoms with E-state index in [4.69, 9.17) is 4.18 Å². The van der Waals surface area contributed by atoms with Crippen molar-refractivity contribution < 1.29 is 12.6 Å². The molecule has 0 aliphatic heterocycles. The van der Waals surface area contributed by atoms with Crippen LogP contribution in [0.3, 0.4) is 0 Å². The van der Waals surface area contributed by atoms with E-state index in [9.17, 15) is 8.42 Å². The number of nitrogens with zero attached hydrogens (tertiary/aromatic N) is 1. The Morgan fingerprint density at radius 2 is 1.52 bits per heavy atom. The molecule has 0 N–H and O–H groups in total. The minimum absolute atomic E-state index is 0.174. The SMILES string of the molecule is Cc1ccc(S(=O)(=O)OC2CCC3(C)C(CCC4C3CCC3(C)C(C(C)CCCC(C)C)CCC43)C2)cc1.c1ccncc1. The van der Waals surface area contributed by atoms with E-state index in [0.717, 1.165) is 60.3 Å². The van der Waals surface area contributed by atoms with Gasteiger partial charge in [0.15, 0.2) is 0 Å². The fourth-order valence-electron chi connectivity index (χ4n) is 10.6. The predicted molar refractivity (Wildman–Crippen MR) is 181 cm³/mol. The van der Waals surface area contributed by atoms with Gasteiger partial charge in [0.25, 0.3) is 10.1 Å². The zero-order valence-corrected chi connectivity index (χ0v) is 29.2. The van der Waals surface area contributed by atoms with Gasteiger partial charge in [-0.3, -0.25) is 9.17 Å². The van der Waals surface area contributed by atoms with Crippen LogP contribution in [0.15, 0.2) is 59.8 Å². The van der Waals surface area contributed by atoms with Crippen LogP contribution in [0, 0.1) is 59.2 Å². The molecular weight excluding hydrogens is 563 g/mol. The van der Waals surface area contributed by atoms with E-state index in [0.29, 0.717) is 21.6 Å². The Labute approximate surface area is 269 Å². The summed E-state index contributed by atoms with van der Waals surface area (Å²) in [5, 5.41) is 0. The first kappa shape index (κ1) is 33.6. The Hall–Kier alpha value is -1.72. The number of rotatable bonds is 8. The number of benzene rings is 1. The van der Waals surface area contributed by atoms with Crippen molar-refractivity contribution in [1.29, 1.82) is 0 Å². The average molecular weight is 622 g/mol. The summed E-state index contributed by atoms with van der Waals surface area (Å²) in [5.74, 6) is 5.75. The summed E-state index contributed by atoms with van der Waals surface area (Å²) >= 11 is 0. The Morgan fingerprint density at radius 3 is 2.16 bits per heavy atom. The van der Waals surface area contributed by atoms with Crippen molar-refractivity contribution in [3.63, 3.8) is 0 Å². The molecule has 244 valence electrons. The Bertz CT molecular complexity index is 1270. The van der Waals surface area contributed by atoms with E-state index in [1.165, 1.54) is 57.8 Å². The van der Waals surface area contributed by atoms with Crippen LogP contribution in [0.1, 0.15) is 117 Å². The molecule has 1 heterocycles. The molecular formula is C39H59NO3S. The van der Waals surface area contributed by atoms with E-state index < -0.39 is 10.1 Å². The lowest BCUT2D eigenvalue weighted by Crippen LogP contribution is -2.54. The van der Waals surface area contributed by atoms with E-state index in [2.05, 4.69) is 39.6 Å². The normalized spacial score (nSPS) is 35.5. The second-order valence-corrected chi connectivity index (χ2v) is 17.5. The Morgan fingerprint density at radius 1 is 0.841 bits per heavy atom. The van der Waals surface area contributed by atoms with Crippen LogP contribution in [0.5, 0.6) is 0 Å². The van der Waals surface area contributed by atoms with Crippen molar-refractivity contribution in [1.82, 2.24) is 4.98 Å². The van der Waals surface area contributed by atoms with Gasteiger partial charge in [0, 0.05) is 12.4 Å². The third-order valence-electron chi connectivity index (χ3n) is 13.0. The van der Waals surface area contributed by atoms with Crippen molar-refractivity contribution in [2.75, 3.05) is 0 Å². The van der Waals surface area contributed by atoms with Crippen LogP contribution in [0.2, 0.25) is 0 Å². The third kappa shape index (κ3) is 7.14. The number of fused-ring (bicyclic) bond motifs is 5. The molecule has 4 fully saturated rings. The fraction of sp³-hybridized carbons (Fsp3) is 0.718. The van der Waals surface area contributed by atoms with E-state index in [1.54, 1.807) is 24.5 Å². The van der Waals surface area contributed by atoms with E-state index >= 15 is 0 Å². The molecule has 4 saturated carbocycles. The predicted octanol–water partition coefficient (Wildman–Crippen LogP) is 10.3. The molecule has 0 radical (unpaired) electrons. The summed E-state index contributed by atoms with van der Waals surface area (Å²) in [6.45, 7) is 14.5. The topological polar surface area (TPSA) is 56.3 Å². The maximum atomic E-state index is 13.0. The summed E-state index contributed by atoms with van der Waals surface area (Å²) in [7, 11) is -3.70. The molecule has 0 saturated heterocycles. The maximum Gasteiger partial charge on any atom is 0.297 e. The molecule has 4 aliphatic rings. The average Bonchev–Trinajstić information content (AvgIpc) is 3.36. The molecule has 1 aromatic heterocycles. The third-order valence-corrected chi connectivity index (χ3v) is 14.3. The van der Waals surface area contributed by atoms with Crippen molar-refractivity contribution in [3.8, 4) is 0 Å². The summed E-state index contributed by atoms with van der Waals surface area (Å²) in [6, 6.07) is 12.8. The van der Waals surface area contributed by atoms with Gasteiger partial charge in [0.05, 0.1) is 11.0 Å². The molecule has 1 aromatic carbocycles. The number of aryl methyl sites for hydroxylation is 1. The van der Waals surface area contributed by atoms with Gasteiger partial charge in [-0.1, -0.05) is 77.6 Å². The van der Waals surface area contributed by atoms with Crippen LogP contribution < -0.4 is 0 Å². The van der Waals surface area contributed by atoms with Gasteiger partial charge >= 0.3 is 0 Å². The quantitative estimate of drug-likeness (QED) is 0.275. The molecule has 4 aliphatic carbocycles. The first-order valence-electron chi connectivity index (χ1n) is 17.8. The van der Waals surface area contributed by atoms with Gasteiger partial charge in [0.2, 0.25) is 0 Å². The highest BCUT2D eigenvalue weighted by atomic mass is 32.2. The first-order chi connectivity index (χ1) is 20.9. The molecule has 44 heavy (non-hydrogen) atoms. The molecule has 5 heteroatoms. The lowest BCUT2D eigenvalue weighted by molar-refractivity contribution is -0.126. The molecule has 9 atom stereocenters. The van der Waals surface area contributed by atoms with Crippen LogP contribution in [0.25, 0.3) is 0 Å². The zero-order chi connectivity index (χ0) is 31.5. The lowest BCUT2D eigenvalue weighted by Gasteiger charge is -2.61. The maximum absolute atomic E-state index is 13.0. The standard InChI is InChI=1S/C34H54O3S.C5H5N/c1-23(2)8-7-9-25(4)30-16-17-31-29-15-12-26-22-27(37-38(35,36)28-13-10-24(3)11-14-28)18-20-33(26,5)32(29)19-21-34(30,31)6;1-2-4-6-5-3-1/h10-11,13-14,23,25-27,29-32H,7-9,12,15-22H2,1-6H3;1-5H. The van der Waals surface area contributed by atoms with Crippen LogP contribution >= 0.6 is 0 Å². The van der Waals surface area contributed by atoms with Crippen LogP contribution in [-0.2, 0) is 14.3 Å². The monoisotopic (exact) mass is 621 g/mol. The Balaban J connectivity index is 0.000000573. The summed E-state index contributed by atoms with van der Waals surface area (Å²) in [6.07, 6.45) is 18.7. The smallest absolute Gasteiger partial charge is 0.265 e. The first-order valence-corrected chi connectivity index (χ1v) is 19.2. The van der Waals surface area contributed by atoms with Gasteiger partial charge in [0.1, 0.15) is 0 Å². The molecule has 4 nitrogen and oxygen atoms in total. The van der Waals surface area contributed by atoms with Crippen LogP contribution in [-0.4, -0.2) is 19.5 Å². The largest absolute Gasteiger partial charge is 0.297 e. The van der Waals surface area contributed by atoms with Gasteiger partial charge in [-0.05, 0) is 141 Å². The number of hydrogen-bond acceptors (Lipinski definition) is 4. The van der Waals surface area contributed by atoms with E-state index in [-0.39, 0.29) is 6.10 Å². The van der Waals surface area contributed by atoms with Crippen molar-refractivity contribution >= 4 is 10.1 Å². The molecule has 6 rings (SSSR count). The lowest BCUT2D eigenvalue weighted by atomic mass is 9.44. The second-order valence-electron chi connectivity index (χ2n) is 16.0. The highest BCUT2D eigenvalue weighted by Gasteiger charge is 2.60. The van der Waals surface area contributed by atoms with Crippen molar-refractivity contribution in [2.24, 2.45) is 52.3 Å².